The van der Waals surface area contributed by atoms with Gasteiger partial charge in [0, 0.05) is 16.3 Å². The maximum Gasteiger partial charge on any atom is 0.323 e. The normalized spacial score (nSPS) is 16.0. The van der Waals surface area contributed by atoms with E-state index in [2.05, 4.69) is 17.2 Å². The topological polar surface area (TPSA) is 62.2 Å². The number of hydrogen-bond donors (Lipinski definition) is 2. The summed E-state index contributed by atoms with van der Waals surface area (Å²) in [4.78, 5) is 15.8. The monoisotopic (exact) mass is 302 g/mol. The molecule has 2 atom stereocenters. The van der Waals surface area contributed by atoms with E-state index >= 15 is 0 Å². The van der Waals surface area contributed by atoms with Crippen molar-refractivity contribution in [3.63, 3.8) is 0 Å². The molecule has 0 amide bonds. The first-order valence-electron chi connectivity index (χ1n) is 6.44. The summed E-state index contributed by atoms with van der Waals surface area (Å²) >= 11 is 3.26. The van der Waals surface area contributed by atoms with Crippen molar-refractivity contribution >= 4 is 29.1 Å². The molecule has 0 saturated heterocycles. The number of rotatable bonds is 8. The number of hydrogen-bond acceptors (Lipinski definition) is 5. The number of aliphatic carboxylic acids is 1. The second kappa shape index (κ2) is 7.26. The molecule has 1 heterocycles. The van der Waals surface area contributed by atoms with Crippen LogP contribution in [0.5, 0.6) is 0 Å². The number of carboxylic acids is 1. The molecule has 0 fully saturated rings. The largest absolute Gasteiger partial charge is 0.480 e. The van der Waals surface area contributed by atoms with Gasteiger partial charge in [-0.15, -0.1) is 11.3 Å². The highest BCUT2D eigenvalue weighted by Gasteiger charge is 2.34. The zero-order valence-corrected chi connectivity index (χ0v) is 13.5. The Labute approximate surface area is 123 Å². The van der Waals surface area contributed by atoms with Crippen molar-refractivity contribution in [1.29, 1.82) is 0 Å². The minimum Gasteiger partial charge on any atom is -0.480 e. The third-order valence-electron chi connectivity index (χ3n) is 2.83. The molecule has 2 N–H and O–H groups in total. The number of carboxylic acid groups (broad SMARTS) is 1. The quantitative estimate of drug-likeness (QED) is 0.722. The maximum atomic E-state index is 11.4. The summed E-state index contributed by atoms with van der Waals surface area (Å²) in [5, 5.41) is 14.8. The molecule has 2 unspecified atom stereocenters. The summed E-state index contributed by atoms with van der Waals surface area (Å²) in [5.41, 5.74) is 0.152. The average Bonchev–Trinajstić information content (AvgIpc) is 2.71. The van der Waals surface area contributed by atoms with Crippen LogP contribution in [-0.4, -0.2) is 33.4 Å². The van der Waals surface area contributed by atoms with Crippen LogP contribution in [0.3, 0.4) is 0 Å². The van der Waals surface area contributed by atoms with E-state index in [9.17, 15) is 9.90 Å². The number of nitrogens with zero attached hydrogens (tertiary/aromatic N) is 1. The first-order valence-corrected chi connectivity index (χ1v) is 8.20. The first-order chi connectivity index (χ1) is 8.87. The lowest BCUT2D eigenvalue weighted by Gasteiger charge is -2.28. The van der Waals surface area contributed by atoms with E-state index in [0.717, 1.165) is 23.0 Å². The van der Waals surface area contributed by atoms with Gasteiger partial charge in [0.1, 0.15) is 9.88 Å². The highest BCUT2D eigenvalue weighted by atomic mass is 32.2. The summed E-state index contributed by atoms with van der Waals surface area (Å²) in [6.07, 6.45) is 1.50. The molecule has 6 heteroatoms. The van der Waals surface area contributed by atoms with E-state index in [0.29, 0.717) is 6.42 Å². The minimum absolute atomic E-state index is 0.205. The molecule has 0 aliphatic carbocycles. The number of thiazole rings is 1. The van der Waals surface area contributed by atoms with Crippen LogP contribution < -0.4 is 5.32 Å². The van der Waals surface area contributed by atoms with Gasteiger partial charge >= 0.3 is 5.97 Å². The van der Waals surface area contributed by atoms with Crippen molar-refractivity contribution in [2.45, 2.75) is 55.7 Å². The van der Waals surface area contributed by atoms with Crippen molar-refractivity contribution in [3.05, 3.63) is 11.1 Å². The van der Waals surface area contributed by atoms with E-state index in [1.807, 2.05) is 19.2 Å². The van der Waals surface area contributed by atoms with Gasteiger partial charge < -0.3 is 10.4 Å². The molecule has 0 radical (unpaired) electrons. The zero-order chi connectivity index (χ0) is 14.5. The van der Waals surface area contributed by atoms with Gasteiger partial charge in [-0.1, -0.05) is 25.6 Å². The number of thioether (sulfide) groups is 1. The molecule has 0 aliphatic heterocycles. The van der Waals surface area contributed by atoms with E-state index in [1.165, 1.54) is 0 Å². The highest BCUT2D eigenvalue weighted by molar-refractivity contribution is 8.01. The lowest BCUT2D eigenvalue weighted by atomic mass is 9.96. The van der Waals surface area contributed by atoms with Crippen LogP contribution in [0, 0.1) is 6.92 Å². The summed E-state index contributed by atoms with van der Waals surface area (Å²) in [7, 11) is 0. The van der Waals surface area contributed by atoms with Gasteiger partial charge in [0.25, 0.3) is 0 Å². The SMILES string of the molecule is CCCNC(C)(CC(C)Sc1nc(C)cs1)C(=O)O. The van der Waals surface area contributed by atoms with Gasteiger partial charge in [-0.25, -0.2) is 4.98 Å². The summed E-state index contributed by atoms with van der Waals surface area (Å²) in [6, 6.07) is 0. The van der Waals surface area contributed by atoms with Crippen molar-refractivity contribution in [2.24, 2.45) is 0 Å². The molecule has 4 nitrogen and oxygen atoms in total. The Balaban J connectivity index is 2.60. The second-order valence-corrected chi connectivity index (χ2v) is 7.50. The van der Waals surface area contributed by atoms with Gasteiger partial charge in [-0.05, 0) is 33.2 Å². The molecule has 0 aliphatic rings. The Hall–Kier alpha value is -0.590. The molecule has 1 rings (SSSR count). The van der Waals surface area contributed by atoms with Crippen LogP contribution in [-0.2, 0) is 4.79 Å². The number of nitrogens with one attached hydrogen (secondary N) is 1. The highest BCUT2D eigenvalue weighted by Crippen LogP contribution is 2.31. The molecule has 19 heavy (non-hydrogen) atoms. The van der Waals surface area contributed by atoms with Crippen LogP contribution in [0.25, 0.3) is 0 Å². The average molecular weight is 302 g/mol. The van der Waals surface area contributed by atoms with Crippen molar-refractivity contribution in [1.82, 2.24) is 10.3 Å². The second-order valence-electron chi connectivity index (χ2n) is 4.95. The molecule has 1 aromatic heterocycles. The Kier molecular flexibility index (Phi) is 6.29. The fourth-order valence-electron chi connectivity index (χ4n) is 1.81. The fraction of sp³-hybridized carbons (Fsp3) is 0.692. The van der Waals surface area contributed by atoms with Crippen molar-refractivity contribution < 1.29 is 9.90 Å². The van der Waals surface area contributed by atoms with Crippen LogP contribution in [0.15, 0.2) is 9.72 Å². The number of aromatic nitrogens is 1. The molecule has 1 aromatic rings. The molecule has 108 valence electrons. The van der Waals surface area contributed by atoms with E-state index < -0.39 is 11.5 Å². The summed E-state index contributed by atoms with van der Waals surface area (Å²) < 4.78 is 1.01. The minimum atomic E-state index is -0.866. The van der Waals surface area contributed by atoms with Crippen LogP contribution >= 0.6 is 23.1 Å². The fourth-order valence-corrected chi connectivity index (χ4v) is 4.15. The van der Waals surface area contributed by atoms with Crippen LogP contribution in [0.4, 0.5) is 0 Å². The molecule has 0 bridgehead atoms. The van der Waals surface area contributed by atoms with Crippen molar-refractivity contribution in [3.8, 4) is 0 Å². The van der Waals surface area contributed by atoms with E-state index in [4.69, 9.17) is 0 Å². The Bertz CT molecular complexity index is 423. The number of aryl methyl sites for hydroxylation is 1. The molecular formula is C13H22N2O2S2. The summed E-state index contributed by atoms with van der Waals surface area (Å²) in [6.45, 7) is 8.53. The van der Waals surface area contributed by atoms with Gasteiger partial charge in [-0.3, -0.25) is 4.79 Å². The van der Waals surface area contributed by atoms with E-state index in [-0.39, 0.29) is 5.25 Å². The smallest absolute Gasteiger partial charge is 0.323 e. The zero-order valence-electron chi connectivity index (χ0n) is 11.9. The predicted molar refractivity (Wildman–Crippen MR) is 81.1 cm³/mol. The molecule has 0 saturated carbocycles. The maximum absolute atomic E-state index is 11.4. The van der Waals surface area contributed by atoms with Gasteiger partial charge in [0.05, 0.1) is 0 Å². The molecular weight excluding hydrogens is 280 g/mol. The number of carbonyl (C=O) groups is 1. The van der Waals surface area contributed by atoms with Crippen LogP contribution in [0.2, 0.25) is 0 Å². The van der Waals surface area contributed by atoms with Gasteiger partial charge in [-0.2, -0.15) is 0 Å². The molecule has 0 aromatic carbocycles. The predicted octanol–water partition coefficient (Wildman–Crippen LogP) is 3.17. The Morgan fingerprint density at radius 2 is 2.37 bits per heavy atom. The first kappa shape index (κ1) is 16.5. The van der Waals surface area contributed by atoms with Gasteiger partial charge in [0.2, 0.25) is 0 Å². The lowest BCUT2D eigenvalue weighted by Crippen LogP contribution is -2.51. The van der Waals surface area contributed by atoms with Crippen molar-refractivity contribution in [2.75, 3.05) is 6.54 Å². The summed E-state index contributed by atoms with van der Waals surface area (Å²) in [5.74, 6) is -0.788. The Morgan fingerprint density at radius 3 is 2.84 bits per heavy atom. The Morgan fingerprint density at radius 1 is 1.68 bits per heavy atom. The van der Waals surface area contributed by atoms with E-state index in [1.54, 1.807) is 30.0 Å². The lowest BCUT2D eigenvalue weighted by molar-refractivity contribution is -0.144. The third-order valence-corrected chi connectivity index (χ3v) is 5.02. The van der Waals surface area contributed by atoms with Crippen LogP contribution in [0.1, 0.15) is 39.3 Å². The third kappa shape index (κ3) is 5.12. The standard InChI is InChI=1S/C13H22N2O2S2/c1-5-6-14-13(4,11(16)17)7-10(3)19-12-15-9(2)8-18-12/h8,10,14H,5-7H2,1-4H3,(H,16,17). The molecule has 0 spiro atoms. The van der Waals surface area contributed by atoms with Gasteiger partial charge in [0.15, 0.2) is 0 Å².